The Morgan fingerprint density at radius 2 is 1.92 bits per heavy atom. The molecule has 126 valence electrons. The molecule has 0 aliphatic carbocycles. The first kappa shape index (κ1) is 17.3. The number of hydrogen-bond donors (Lipinski definition) is 2. The van der Waals surface area contributed by atoms with Gasteiger partial charge in [-0.3, -0.25) is 9.59 Å². The number of amides is 2. The maximum absolute atomic E-state index is 12.1. The lowest BCUT2D eigenvalue weighted by molar-refractivity contribution is -0.118. The highest BCUT2D eigenvalue weighted by molar-refractivity contribution is 5.97. The SMILES string of the molecule is COc1cccc(C(N)=O)c1OCC(=O)Nc1ccc(C)cc1C. The second-order valence-corrected chi connectivity index (χ2v) is 5.36. The number of hydrogen-bond acceptors (Lipinski definition) is 4. The molecule has 0 saturated heterocycles. The molecule has 2 aromatic carbocycles. The number of carbonyl (C=O) groups excluding carboxylic acids is 2. The van der Waals surface area contributed by atoms with Gasteiger partial charge in [0.05, 0.1) is 12.7 Å². The van der Waals surface area contributed by atoms with Gasteiger partial charge in [0.2, 0.25) is 0 Å². The van der Waals surface area contributed by atoms with Crippen LogP contribution in [0.1, 0.15) is 21.5 Å². The Balaban J connectivity index is 2.10. The summed E-state index contributed by atoms with van der Waals surface area (Å²) in [5, 5.41) is 2.77. The van der Waals surface area contributed by atoms with E-state index in [4.69, 9.17) is 15.2 Å². The van der Waals surface area contributed by atoms with Gasteiger partial charge in [0.25, 0.3) is 11.8 Å². The van der Waals surface area contributed by atoms with Gasteiger partial charge in [-0.2, -0.15) is 0 Å². The number of ether oxygens (including phenoxy) is 2. The molecule has 3 N–H and O–H groups in total. The third-order valence-electron chi connectivity index (χ3n) is 3.47. The van der Waals surface area contributed by atoms with Gasteiger partial charge in [-0.05, 0) is 37.6 Å². The smallest absolute Gasteiger partial charge is 0.262 e. The fourth-order valence-electron chi connectivity index (χ4n) is 2.30. The molecule has 0 aliphatic heterocycles. The van der Waals surface area contributed by atoms with Crippen molar-refractivity contribution in [2.45, 2.75) is 13.8 Å². The number of primary amides is 1. The Kier molecular flexibility index (Phi) is 5.42. The van der Waals surface area contributed by atoms with Crippen LogP contribution in [-0.4, -0.2) is 25.5 Å². The van der Waals surface area contributed by atoms with Gasteiger partial charge in [0.1, 0.15) is 0 Å². The highest BCUT2D eigenvalue weighted by Gasteiger charge is 2.16. The van der Waals surface area contributed by atoms with E-state index in [-0.39, 0.29) is 23.8 Å². The summed E-state index contributed by atoms with van der Waals surface area (Å²) < 4.78 is 10.6. The van der Waals surface area contributed by atoms with Crippen LogP contribution in [0.2, 0.25) is 0 Å². The third-order valence-corrected chi connectivity index (χ3v) is 3.47. The lowest BCUT2D eigenvalue weighted by Gasteiger charge is -2.14. The van der Waals surface area contributed by atoms with E-state index < -0.39 is 5.91 Å². The number of rotatable bonds is 6. The van der Waals surface area contributed by atoms with Crippen molar-refractivity contribution >= 4 is 17.5 Å². The Bertz CT molecular complexity index is 772. The van der Waals surface area contributed by atoms with E-state index in [1.165, 1.54) is 13.2 Å². The predicted molar refractivity (Wildman–Crippen MR) is 91.6 cm³/mol. The molecule has 6 nitrogen and oxygen atoms in total. The molecular formula is C18H20N2O4. The molecule has 2 rings (SSSR count). The molecule has 0 atom stereocenters. The molecule has 0 heterocycles. The first-order valence-electron chi connectivity index (χ1n) is 7.39. The summed E-state index contributed by atoms with van der Waals surface area (Å²) in [6.07, 6.45) is 0. The lowest BCUT2D eigenvalue weighted by atomic mass is 10.1. The van der Waals surface area contributed by atoms with Crippen LogP contribution in [0.3, 0.4) is 0 Å². The maximum atomic E-state index is 12.1. The maximum Gasteiger partial charge on any atom is 0.262 e. The third kappa shape index (κ3) is 4.04. The molecule has 0 radical (unpaired) electrons. The lowest BCUT2D eigenvalue weighted by Crippen LogP contribution is -2.22. The monoisotopic (exact) mass is 328 g/mol. The first-order valence-corrected chi connectivity index (χ1v) is 7.39. The molecule has 0 unspecified atom stereocenters. The topological polar surface area (TPSA) is 90.7 Å². The molecule has 6 heteroatoms. The Morgan fingerprint density at radius 1 is 1.17 bits per heavy atom. The average molecular weight is 328 g/mol. The minimum Gasteiger partial charge on any atom is -0.493 e. The summed E-state index contributed by atoms with van der Waals surface area (Å²) in [4.78, 5) is 23.6. The van der Waals surface area contributed by atoms with Crippen molar-refractivity contribution in [3.05, 3.63) is 53.1 Å². The van der Waals surface area contributed by atoms with E-state index >= 15 is 0 Å². The van der Waals surface area contributed by atoms with Crippen molar-refractivity contribution in [2.24, 2.45) is 5.73 Å². The average Bonchev–Trinajstić information content (AvgIpc) is 2.55. The number of aryl methyl sites for hydroxylation is 2. The van der Waals surface area contributed by atoms with Gasteiger partial charge in [-0.15, -0.1) is 0 Å². The first-order chi connectivity index (χ1) is 11.4. The summed E-state index contributed by atoms with van der Waals surface area (Å²) in [5.41, 5.74) is 8.27. The molecule has 0 bridgehead atoms. The fourth-order valence-corrected chi connectivity index (χ4v) is 2.30. The van der Waals surface area contributed by atoms with Gasteiger partial charge < -0.3 is 20.5 Å². The van der Waals surface area contributed by atoms with Crippen LogP contribution < -0.4 is 20.5 Å². The summed E-state index contributed by atoms with van der Waals surface area (Å²) in [6, 6.07) is 10.5. The van der Waals surface area contributed by atoms with Crippen LogP contribution >= 0.6 is 0 Å². The molecule has 0 spiro atoms. The summed E-state index contributed by atoms with van der Waals surface area (Å²) in [5.74, 6) is -0.504. The second kappa shape index (κ2) is 7.50. The van der Waals surface area contributed by atoms with Gasteiger partial charge in [-0.25, -0.2) is 0 Å². The minimum absolute atomic E-state index is 0.156. The van der Waals surface area contributed by atoms with Crippen molar-refractivity contribution in [1.29, 1.82) is 0 Å². The van der Waals surface area contributed by atoms with Crippen molar-refractivity contribution in [3.8, 4) is 11.5 Å². The van der Waals surface area contributed by atoms with Gasteiger partial charge in [0, 0.05) is 5.69 Å². The molecule has 2 aromatic rings. The van der Waals surface area contributed by atoms with Crippen molar-refractivity contribution < 1.29 is 19.1 Å². The van der Waals surface area contributed by atoms with Crippen molar-refractivity contribution in [3.63, 3.8) is 0 Å². The van der Waals surface area contributed by atoms with Crippen LogP contribution in [0, 0.1) is 13.8 Å². The fraction of sp³-hybridized carbons (Fsp3) is 0.222. The Morgan fingerprint density at radius 3 is 2.54 bits per heavy atom. The summed E-state index contributed by atoms with van der Waals surface area (Å²) in [6.45, 7) is 3.62. The van der Waals surface area contributed by atoms with Crippen LogP contribution in [0.4, 0.5) is 5.69 Å². The Hall–Kier alpha value is -3.02. The molecule has 0 fully saturated rings. The molecule has 0 aromatic heterocycles. The van der Waals surface area contributed by atoms with E-state index in [1.807, 2.05) is 32.0 Å². The zero-order valence-corrected chi connectivity index (χ0v) is 13.9. The second-order valence-electron chi connectivity index (χ2n) is 5.36. The van der Waals surface area contributed by atoms with E-state index in [1.54, 1.807) is 12.1 Å². The summed E-state index contributed by atoms with van der Waals surface area (Å²) in [7, 11) is 1.45. The van der Waals surface area contributed by atoms with E-state index in [0.717, 1.165) is 11.1 Å². The standard InChI is InChI=1S/C18H20N2O4/c1-11-7-8-14(12(2)9-11)20-16(21)10-24-17-13(18(19)22)5-4-6-15(17)23-3/h4-9H,10H2,1-3H3,(H2,19,22)(H,20,21). The van der Waals surface area contributed by atoms with Gasteiger partial charge in [0.15, 0.2) is 18.1 Å². The van der Waals surface area contributed by atoms with Crippen LogP contribution in [0.15, 0.2) is 36.4 Å². The number of benzene rings is 2. The molecule has 0 saturated carbocycles. The highest BCUT2D eigenvalue weighted by atomic mass is 16.5. The predicted octanol–water partition coefficient (Wildman–Crippen LogP) is 2.43. The number of anilines is 1. The van der Waals surface area contributed by atoms with Crippen LogP contribution in [-0.2, 0) is 4.79 Å². The number of methoxy groups -OCH3 is 1. The van der Waals surface area contributed by atoms with Crippen molar-refractivity contribution in [1.82, 2.24) is 0 Å². The number of nitrogens with two attached hydrogens (primary N) is 1. The Labute approximate surface area is 140 Å². The highest BCUT2D eigenvalue weighted by Crippen LogP contribution is 2.30. The zero-order chi connectivity index (χ0) is 17.7. The largest absolute Gasteiger partial charge is 0.493 e. The molecule has 2 amide bonds. The van der Waals surface area contributed by atoms with E-state index in [0.29, 0.717) is 11.4 Å². The number of nitrogens with one attached hydrogen (secondary N) is 1. The molecular weight excluding hydrogens is 308 g/mol. The molecule has 0 aliphatic rings. The van der Waals surface area contributed by atoms with E-state index in [9.17, 15) is 9.59 Å². The zero-order valence-electron chi connectivity index (χ0n) is 13.9. The van der Waals surface area contributed by atoms with Crippen LogP contribution in [0.25, 0.3) is 0 Å². The van der Waals surface area contributed by atoms with E-state index in [2.05, 4.69) is 5.32 Å². The number of para-hydroxylation sites is 1. The van der Waals surface area contributed by atoms with Crippen LogP contribution in [0.5, 0.6) is 11.5 Å². The minimum atomic E-state index is -0.654. The normalized spacial score (nSPS) is 10.1. The van der Waals surface area contributed by atoms with Gasteiger partial charge >= 0.3 is 0 Å². The van der Waals surface area contributed by atoms with Gasteiger partial charge in [-0.1, -0.05) is 23.8 Å². The summed E-state index contributed by atoms with van der Waals surface area (Å²) >= 11 is 0. The molecule has 24 heavy (non-hydrogen) atoms. The van der Waals surface area contributed by atoms with Crippen molar-refractivity contribution in [2.75, 3.05) is 19.0 Å². The number of carbonyl (C=O) groups is 2. The quantitative estimate of drug-likeness (QED) is 0.852.